The number of benzene rings is 5. The van der Waals surface area contributed by atoms with Crippen LogP contribution in [-0.4, -0.2) is 4.57 Å². The SMILES string of the molecule is Cn1cc(C(c2ccccc2Br)[P+](c2ccccc2)(c2ccccc2)c2ccccc2)c2ccccc21. The molecular formula is C34H28BrNP+. The van der Waals surface area contributed by atoms with Crippen LogP contribution in [0.4, 0.5) is 0 Å². The lowest BCUT2D eigenvalue weighted by molar-refractivity contribution is 0.954. The van der Waals surface area contributed by atoms with Crippen molar-refractivity contribution in [3.8, 4) is 0 Å². The van der Waals surface area contributed by atoms with Gasteiger partial charge in [0.05, 0.1) is 0 Å². The highest BCUT2D eigenvalue weighted by molar-refractivity contribution is 9.10. The largest absolute Gasteiger partial charge is 0.350 e. The van der Waals surface area contributed by atoms with E-state index in [0.29, 0.717) is 0 Å². The highest BCUT2D eigenvalue weighted by Gasteiger charge is 2.55. The second kappa shape index (κ2) is 10.1. The zero-order valence-corrected chi connectivity index (χ0v) is 23.2. The van der Waals surface area contributed by atoms with Gasteiger partial charge in [0.25, 0.3) is 0 Å². The van der Waals surface area contributed by atoms with E-state index in [2.05, 4.69) is 173 Å². The lowest BCUT2D eigenvalue weighted by Crippen LogP contribution is -2.35. The van der Waals surface area contributed by atoms with Gasteiger partial charge >= 0.3 is 0 Å². The summed E-state index contributed by atoms with van der Waals surface area (Å²) in [6.07, 6.45) is 2.36. The normalized spacial score (nSPS) is 12.5. The standard InChI is InChI=1S/C34H28BrNP/c1-36-25-31(29-21-12-14-24-33(29)36)34(30-22-11-13-23-32(30)35)37(26-15-5-2-6-16-26,27-17-7-3-8-18-27)28-19-9-4-10-20-28/h2-25,34H,1H3/q+1. The zero-order valence-electron chi connectivity index (χ0n) is 20.7. The quantitative estimate of drug-likeness (QED) is 0.182. The molecular weight excluding hydrogens is 533 g/mol. The number of nitrogens with zero attached hydrogens (tertiary/aromatic N) is 1. The molecule has 0 aliphatic rings. The van der Waals surface area contributed by atoms with Gasteiger partial charge in [-0.3, -0.25) is 0 Å². The molecule has 0 saturated carbocycles. The molecule has 6 aromatic rings. The summed E-state index contributed by atoms with van der Waals surface area (Å²) in [6.45, 7) is 0. The molecule has 0 amide bonds. The second-order valence-corrected chi connectivity index (χ2v) is 13.7. The zero-order chi connectivity index (χ0) is 25.2. The van der Waals surface area contributed by atoms with Gasteiger partial charge in [0.1, 0.15) is 28.8 Å². The van der Waals surface area contributed by atoms with Crippen molar-refractivity contribution in [3.05, 3.63) is 161 Å². The van der Waals surface area contributed by atoms with Gasteiger partial charge in [0.2, 0.25) is 0 Å². The van der Waals surface area contributed by atoms with E-state index in [9.17, 15) is 0 Å². The van der Waals surface area contributed by atoms with Crippen LogP contribution < -0.4 is 15.9 Å². The predicted octanol–water partition coefficient (Wildman–Crippen LogP) is 8.02. The smallest absolute Gasteiger partial charge is 0.137 e. The van der Waals surface area contributed by atoms with Gasteiger partial charge in [-0.05, 0) is 48.5 Å². The topological polar surface area (TPSA) is 4.93 Å². The van der Waals surface area contributed by atoms with Gasteiger partial charge < -0.3 is 4.57 Å². The average Bonchev–Trinajstić information content (AvgIpc) is 3.29. The Labute approximate surface area is 227 Å². The van der Waals surface area contributed by atoms with Crippen molar-refractivity contribution in [1.82, 2.24) is 4.57 Å². The average molecular weight is 561 g/mol. The number of aryl methyl sites for hydroxylation is 1. The molecule has 0 aliphatic heterocycles. The molecule has 6 rings (SSSR count). The Morgan fingerprint density at radius 3 is 1.54 bits per heavy atom. The van der Waals surface area contributed by atoms with Gasteiger partial charge in [0, 0.05) is 39.7 Å². The Kier molecular flexibility index (Phi) is 6.55. The molecule has 0 N–H and O–H groups in total. The fourth-order valence-electron chi connectivity index (χ4n) is 5.76. The third kappa shape index (κ3) is 4.06. The van der Waals surface area contributed by atoms with Gasteiger partial charge in [0.15, 0.2) is 0 Å². The van der Waals surface area contributed by atoms with E-state index in [-0.39, 0.29) is 5.66 Å². The summed E-state index contributed by atoms with van der Waals surface area (Å²) >= 11 is 3.99. The van der Waals surface area contributed by atoms with Crippen molar-refractivity contribution in [3.63, 3.8) is 0 Å². The first-order chi connectivity index (χ1) is 18.2. The molecule has 0 aliphatic carbocycles. The van der Waals surface area contributed by atoms with Crippen molar-refractivity contribution in [2.45, 2.75) is 5.66 Å². The highest BCUT2D eigenvalue weighted by atomic mass is 79.9. The summed E-state index contributed by atoms with van der Waals surface area (Å²) in [5.74, 6) is 0. The van der Waals surface area contributed by atoms with Crippen LogP contribution >= 0.6 is 23.2 Å². The summed E-state index contributed by atoms with van der Waals surface area (Å²) in [6, 6.07) is 51.1. The number of fused-ring (bicyclic) bond motifs is 1. The minimum atomic E-state index is -2.27. The maximum atomic E-state index is 3.99. The fourth-order valence-corrected chi connectivity index (χ4v) is 11.4. The van der Waals surface area contributed by atoms with Crippen molar-refractivity contribution < 1.29 is 0 Å². The second-order valence-electron chi connectivity index (χ2n) is 9.37. The third-order valence-electron chi connectivity index (χ3n) is 7.30. The Morgan fingerprint density at radius 1 is 0.541 bits per heavy atom. The minimum absolute atomic E-state index is 0.0985. The van der Waals surface area contributed by atoms with E-state index in [1.165, 1.54) is 37.9 Å². The summed E-state index contributed by atoms with van der Waals surface area (Å²) in [7, 11) is -0.105. The van der Waals surface area contributed by atoms with E-state index in [4.69, 9.17) is 0 Å². The molecule has 1 aromatic heterocycles. The minimum Gasteiger partial charge on any atom is -0.350 e. The van der Waals surface area contributed by atoms with Crippen LogP contribution in [0.5, 0.6) is 0 Å². The monoisotopic (exact) mass is 560 g/mol. The maximum absolute atomic E-state index is 3.99. The molecule has 1 nitrogen and oxygen atoms in total. The number of halogens is 1. The number of para-hydroxylation sites is 1. The van der Waals surface area contributed by atoms with Crippen LogP contribution in [0, 0.1) is 0 Å². The van der Waals surface area contributed by atoms with E-state index >= 15 is 0 Å². The molecule has 1 heterocycles. The van der Waals surface area contributed by atoms with E-state index in [1.54, 1.807) is 0 Å². The number of hydrogen-bond acceptors (Lipinski definition) is 0. The van der Waals surface area contributed by atoms with E-state index in [1.807, 2.05) is 0 Å². The number of aromatic nitrogens is 1. The molecule has 180 valence electrons. The highest BCUT2D eigenvalue weighted by Crippen LogP contribution is 2.70. The lowest BCUT2D eigenvalue weighted by atomic mass is 10.0. The summed E-state index contributed by atoms with van der Waals surface area (Å²) in [5.41, 5.74) is 4.02. The molecule has 0 radical (unpaired) electrons. The Hall–Kier alpha value is -3.45. The Balaban J connectivity index is 1.83. The summed E-state index contributed by atoms with van der Waals surface area (Å²) in [4.78, 5) is 0. The fraction of sp³-hybridized carbons (Fsp3) is 0.0588. The molecule has 1 atom stereocenters. The molecule has 37 heavy (non-hydrogen) atoms. The van der Waals surface area contributed by atoms with E-state index < -0.39 is 7.26 Å². The van der Waals surface area contributed by atoms with Crippen molar-refractivity contribution in [2.75, 3.05) is 0 Å². The van der Waals surface area contributed by atoms with Crippen LogP contribution in [-0.2, 0) is 7.05 Å². The number of rotatable bonds is 6. The van der Waals surface area contributed by atoms with E-state index in [0.717, 1.165) is 4.47 Å². The van der Waals surface area contributed by atoms with Crippen LogP contribution in [0.2, 0.25) is 0 Å². The lowest BCUT2D eigenvalue weighted by Gasteiger charge is -2.35. The molecule has 0 fully saturated rings. The molecule has 5 aromatic carbocycles. The molecule has 0 bridgehead atoms. The first kappa shape index (κ1) is 23.9. The first-order valence-corrected chi connectivity index (χ1v) is 15.2. The third-order valence-corrected chi connectivity index (χ3v) is 12.7. The first-order valence-electron chi connectivity index (χ1n) is 12.5. The molecule has 1 unspecified atom stereocenters. The summed E-state index contributed by atoms with van der Waals surface area (Å²) < 4.78 is 3.42. The summed E-state index contributed by atoms with van der Waals surface area (Å²) in [5, 5.41) is 5.43. The van der Waals surface area contributed by atoms with Crippen LogP contribution in [0.15, 0.2) is 150 Å². The van der Waals surface area contributed by atoms with Gasteiger partial charge in [-0.15, -0.1) is 0 Å². The Morgan fingerprint density at radius 2 is 1.00 bits per heavy atom. The maximum Gasteiger partial charge on any atom is 0.137 e. The van der Waals surface area contributed by atoms with Gasteiger partial charge in [-0.1, -0.05) is 107 Å². The van der Waals surface area contributed by atoms with Crippen molar-refractivity contribution in [2.24, 2.45) is 7.05 Å². The molecule has 0 spiro atoms. The molecule has 3 heteroatoms. The van der Waals surface area contributed by atoms with Crippen LogP contribution in [0.25, 0.3) is 10.9 Å². The van der Waals surface area contributed by atoms with Crippen LogP contribution in [0.3, 0.4) is 0 Å². The molecule has 0 saturated heterocycles. The van der Waals surface area contributed by atoms with Crippen molar-refractivity contribution in [1.29, 1.82) is 0 Å². The Bertz CT molecular complexity index is 1540. The van der Waals surface area contributed by atoms with Crippen molar-refractivity contribution >= 4 is 50.0 Å². The van der Waals surface area contributed by atoms with Gasteiger partial charge in [-0.2, -0.15) is 0 Å². The number of hydrogen-bond donors (Lipinski definition) is 0. The van der Waals surface area contributed by atoms with Crippen LogP contribution in [0.1, 0.15) is 16.8 Å². The van der Waals surface area contributed by atoms with Gasteiger partial charge in [-0.25, -0.2) is 0 Å². The predicted molar refractivity (Wildman–Crippen MR) is 164 cm³/mol.